The average Bonchev–Trinajstić information content (AvgIpc) is 2.57. The van der Waals surface area contributed by atoms with Crippen LogP contribution < -0.4 is 5.56 Å². The third-order valence-electron chi connectivity index (χ3n) is 4.58. The molecule has 1 unspecified atom stereocenters. The summed E-state index contributed by atoms with van der Waals surface area (Å²) in [7, 11) is 1.59. The molecule has 5 nitrogen and oxygen atoms in total. The number of hydrogen-bond acceptors (Lipinski definition) is 3. The summed E-state index contributed by atoms with van der Waals surface area (Å²) in [6, 6.07) is 9.47. The summed E-state index contributed by atoms with van der Waals surface area (Å²) in [6.45, 7) is 0. The molecular formula is C18H19NO4. The molecule has 23 heavy (non-hydrogen) atoms. The predicted octanol–water partition coefficient (Wildman–Crippen LogP) is 2.19. The topological polar surface area (TPSA) is 79.5 Å². The number of aromatic hydroxyl groups is 1. The lowest BCUT2D eigenvalue weighted by molar-refractivity contribution is -0.139. The molecule has 0 spiro atoms. The van der Waals surface area contributed by atoms with Crippen molar-refractivity contribution in [3.05, 3.63) is 63.1 Å². The van der Waals surface area contributed by atoms with E-state index in [1.807, 2.05) is 30.3 Å². The van der Waals surface area contributed by atoms with E-state index < -0.39 is 11.9 Å². The molecule has 5 heteroatoms. The van der Waals surface area contributed by atoms with Crippen molar-refractivity contribution >= 4 is 5.97 Å². The Labute approximate surface area is 133 Å². The van der Waals surface area contributed by atoms with Crippen LogP contribution in [0.25, 0.3) is 0 Å². The van der Waals surface area contributed by atoms with E-state index in [0.29, 0.717) is 42.5 Å². The summed E-state index contributed by atoms with van der Waals surface area (Å²) in [5.41, 5.74) is 2.01. The lowest BCUT2D eigenvalue weighted by atomic mass is 9.84. The normalized spacial score (nSPS) is 16.8. The van der Waals surface area contributed by atoms with Crippen LogP contribution in [-0.4, -0.2) is 20.7 Å². The summed E-state index contributed by atoms with van der Waals surface area (Å²) in [5.74, 6) is -1.71. The van der Waals surface area contributed by atoms with Crippen LogP contribution in [0.5, 0.6) is 5.75 Å². The van der Waals surface area contributed by atoms with Crippen molar-refractivity contribution in [2.45, 2.75) is 31.6 Å². The van der Waals surface area contributed by atoms with E-state index >= 15 is 0 Å². The number of pyridine rings is 1. The number of carboxylic acid groups (broad SMARTS) is 1. The number of fused-ring (bicyclic) bond motifs is 1. The van der Waals surface area contributed by atoms with Gasteiger partial charge in [-0.1, -0.05) is 30.3 Å². The molecule has 2 aromatic rings. The molecular weight excluding hydrogens is 294 g/mol. The van der Waals surface area contributed by atoms with Crippen LogP contribution in [0.15, 0.2) is 35.1 Å². The van der Waals surface area contributed by atoms with Crippen LogP contribution in [0.1, 0.15) is 41.1 Å². The zero-order chi connectivity index (χ0) is 16.6. The quantitative estimate of drug-likeness (QED) is 0.910. The van der Waals surface area contributed by atoms with E-state index in [0.717, 1.165) is 5.56 Å². The Balaban J connectivity index is 2.16. The molecule has 0 aliphatic heterocycles. The Hall–Kier alpha value is -2.56. The van der Waals surface area contributed by atoms with E-state index in [4.69, 9.17) is 0 Å². The van der Waals surface area contributed by atoms with E-state index in [-0.39, 0.29) is 11.3 Å². The number of carboxylic acids is 1. The highest BCUT2D eigenvalue weighted by Gasteiger charge is 2.32. The first-order valence-electron chi connectivity index (χ1n) is 7.71. The van der Waals surface area contributed by atoms with Gasteiger partial charge in [-0.3, -0.25) is 9.59 Å². The van der Waals surface area contributed by atoms with Crippen molar-refractivity contribution in [3.8, 4) is 5.75 Å². The second kappa shape index (κ2) is 5.91. The largest absolute Gasteiger partial charge is 0.507 e. The summed E-state index contributed by atoms with van der Waals surface area (Å²) < 4.78 is 1.41. The highest BCUT2D eigenvalue weighted by atomic mass is 16.4. The van der Waals surface area contributed by atoms with Crippen molar-refractivity contribution in [3.63, 3.8) is 0 Å². The maximum Gasteiger partial charge on any atom is 0.312 e. The van der Waals surface area contributed by atoms with Gasteiger partial charge in [-0.05, 0) is 24.8 Å². The molecule has 0 saturated heterocycles. The molecule has 3 rings (SSSR count). The zero-order valence-electron chi connectivity index (χ0n) is 13.0. The van der Waals surface area contributed by atoms with Crippen LogP contribution in [0.3, 0.4) is 0 Å². The SMILES string of the molecule is Cn1c2c(c(O)c(Cc3ccccc3)c1=O)CCCC2C(=O)O. The monoisotopic (exact) mass is 313 g/mol. The Kier molecular flexibility index (Phi) is 3.94. The Bertz CT molecular complexity index is 808. The van der Waals surface area contributed by atoms with Crippen LogP contribution >= 0.6 is 0 Å². The molecule has 1 aromatic carbocycles. The van der Waals surface area contributed by atoms with Gasteiger partial charge >= 0.3 is 5.97 Å². The van der Waals surface area contributed by atoms with Crippen LogP contribution in [0.4, 0.5) is 0 Å². The molecule has 1 atom stereocenters. The van der Waals surface area contributed by atoms with Gasteiger partial charge in [-0.2, -0.15) is 0 Å². The third-order valence-corrected chi connectivity index (χ3v) is 4.58. The number of aliphatic carboxylic acids is 1. The summed E-state index contributed by atoms with van der Waals surface area (Å²) in [4.78, 5) is 24.1. The number of benzene rings is 1. The van der Waals surface area contributed by atoms with Crippen molar-refractivity contribution in [2.75, 3.05) is 0 Å². The summed E-state index contributed by atoms with van der Waals surface area (Å²) in [5, 5.41) is 20.0. The second-order valence-corrected chi connectivity index (χ2v) is 6.00. The third kappa shape index (κ3) is 2.63. The van der Waals surface area contributed by atoms with Gasteiger partial charge in [-0.25, -0.2) is 0 Å². The smallest absolute Gasteiger partial charge is 0.312 e. The minimum atomic E-state index is -0.948. The van der Waals surface area contributed by atoms with Gasteiger partial charge in [0, 0.05) is 24.7 Å². The maximum absolute atomic E-state index is 12.6. The van der Waals surface area contributed by atoms with Gasteiger partial charge in [0.25, 0.3) is 5.56 Å². The molecule has 0 radical (unpaired) electrons. The van der Waals surface area contributed by atoms with Gasteiger partial charge in [-0.15, -0.1) is 0 Å². The second-order valence-electron chi connectivity index (χ2n) is 6.00. The van der Waals surface area contributed by atoms with Gasteiger partial charge in [0.1, 0.15) is 5.75 Å². The predicted molar refractivity (Wildman–Crippen MR) is 85.9 cm³/mol. The Morgan fingerprint density at radius 3 is 2.65 bits per heavy atom. The molecule has 1 aliphatic carbocycles. The fourth-order valence-electron chi connectivity index (χ4n) is 3.43. The van der Waals surface area contributed by atoms with Crippen LogP contribution in [0, 0.1) is 0 Å². The number of carbonyl (C=O) groups is 1. The molecule has 1 aliphatic rings. The number of nitrogens with zero attached hydrogens (tertiary/aromatic N) is 1. The van der Waals surface area contributed by atoms with Crippen LogP contribution in [-0.2, 0) is 24.7 Å². The molecule has 1 aromatic heterocycles. The van der Waals surface area contributed by atoms with Crippen LogP contribution in [0.2, 0.25) is 0 Å². The molecule has 120 valence electrons. The van der Waals surface area contributed by atoms with E-state index in [2.05, 4.69) is 0 Å². The van der Waals surface area contributed by atoms with Gasteiger partial charge in [0.05, 0.1) is 11.5 Å². The fraction of sp³-hybridized carbons (Fsp3) is 0.333. The number of aromatic nitrogens is 1. The highest BCUT2D eigenvalue weighted by Crippen LogP contribution is 2.37. The first-order chi connectivity index (χ1) is 11.0. The van der Waals surface area contributed by atoms with Crippen molar-refractivity contribution < 1.29 is 15.0 Å². The van der Waals surface area contributed by atoms with Crippen molar-refractivity contribution in [1.29, 1.82) is 0 Å². The summed E-state index contributed by atoms with van der Waals surface area (Å²) >= 11 is 0. The molecule has 0 saturated carbocycles. The maximum atomic E-state index is 12.6. The molecule has 0 bridgehead atoms. The van der Waals surface area contributed by atoms with E-state index in [1.165, 1.54) is 4.57 Å². The lowest BCUT2D eigenvalue weighted by Gasteiger charge is -2.26. The minimum absolute atomic E-state index is 0.0297. The highest BCUT2D eigenvalue weighted by molar-refractivity contribution is 5.77. The van der Waals surface area contributed by atoms with E-state index in [1.54, 1.807) is 7.05 Å². The lowest BCUT2D eigenvalue weighted by Crippen LogP contribution is -2.32. The molecule has 1 heterocycles. The van der Waals surface area contributed by atoms with Gasteiger partial charge in [0.15, 0.2) is 0 Å². The minimum Gasteiger partial charge on any atom is -0.507 e. The number of hydrogen-bond donors (Lipinski definition) is 2. The first kappa shape index (κ1) is 15.3. The number of rotatable bonds is 3. The van der Waals surface area contributed by atoms with Crippen molar-refractivity contribution in [1.82, 2.24) is 4.57 Å². The standard InChI is InChI=1S/C18H19NO4/c1-19-15-12(8-5-9-13(15)18(22)23)16(20)14(17(19)21)10-11-6-3-2-4-7-11/h2-4,6-7,13,20H,5,8-10H2,1H3,(H,22,23). The molecule has 0 amide bonds. The van der Waals surface area contributed by atoms with Gasteiger partial charge < -0.3 is 14.8 Å². The van der Waals surface area contributed by atoms with Crippen molar-refractivity contribution in [2.24, 2.45) is 7.05 Å². The molecule has 2 N–H and O–H groups in total. The van der Waals surface area contributed by atoms with Gasteiger partial charge in [0.2, 0.25) is 0 Å². The molecule has 0 fully saturated rings. The van der Waals surface area contributed by atoms with E-state index in [9.17, 15) is 19.8 Å². The fourth-order valence-corrected chi connectivity index (χ4v) is 3.43. The average molecular weight is 313 g/mol. The Morgan fingerprint density at radius 2 is 2.00 bits per heavy atom. The summed E-state index contributed by atoms with van der Waals surface area (Å²) in [6.07, 6.45) is 2.12. The first-order valence-corrected chi connectivity index (χ1v) is 7.71. The zero-order valence-corrected chi connectivity index (χ0v) is 13.0. The Morgan fingerprint density at radius 1 is 1.30 bits per heavy atom.